The molecular formula is C17H19N3O. The Bertz CT molecular complexity index is 567. The van der Waals surface area contributed by atoms with Crippen LogP contribution in [0.5, 0.6) is 0 Å². The van der Waals surface area contributed by atoms with Crippen LogP contribution in [0, 0.1) is 0 Å². The minimum atomic E-state index is -0.0722. The van der Waals surface area contributed by atoms with Crippen LogP contribution in [-0.4, -0.2) is 18.7 Å². The van der Waals surface area contributed by atoms with Gasteiger partial charge in [0.25, 0.3) is 0 Å². The summed E-state index contributed by atoms with van der Waals surface area (Å²) in [6.45, 7) is 0.764. The van der Waals surface area contributed by atoms with Crippen LogP contribution in [0.3, 0.4) is 0 Å². The molecule has 0 atom stereocenters. The van der Waals surface area contributed by atoms with Gasteiger partial charge in [-0.3, -0.25) is 4.79 Å². The van der Waals surface area contributed by atoms with Crippen LogP contribution in [0.2, 0.25) is 0 Å². The molecule has 0 spiro atoms. The van der Waals surface area contributed by atoms with E-state index >= 15 is 0 Å². The van der Waals surface area contributed by atoms with E-state index in [2.05, 4.69) is 15.8 Å². The number of anilines is 1. The molecule has 2 aromatic carbocycles. The normalized spacial score (nSPS) is 10.5. The van der Waals surface area contributed by atoms with E-state index in [1.54, 1.807) is 6.21 Å². The van der Waals surface area contributed by atoms with Crippen LogP contribution < -0.4 is 10.7 Å². The minimum absolute atomic E-state index is 0.0722. The lowest BCUT2D eigenvalue weighted by molar-refractivity contribution is -0.121. The van der Waals surface area contributed by atoms with Crippen molar-refractivity contribution >= 4 is 17.8 Å². The first-order valence-corrected chi connectivity index (χ1v) is 7.00. The summed E-state index contributed by atoms with van der Waals surface area (Å²) >= 11 is 0. The molecule has 0 saturated heterocycles. The fraction of sp³-hybridized carbons (Fsp3) is 0.176. The van der Waals surface area contributed by atoms with Gasteiger partial charge in [-0.2, -0.15) is 5.10 Å². The lowest BCUT2D eigenvalue weighted by Gasteiger charge is -2.05. The number of nitrogens with zero attached hydrogens (tertiary/aromatic N) is 1. The maximum Gasteiger partial charge on any atom is 0.240 e. The van der Waals surface area contributed by atoms with Gasteiger partial charge in [-0.25, -0.2) is 5.43 Å². The first-order chi connectivity index (χ1) is 10.3. The number of rotatable bonds is 7. The highest BCUT2D eigenvalue weighted by molar-refractivity contribution is 5.82. The van der Waals surface area contributed by atoms with Crippen molar-refractivity contribution < 1.29 is 4.79 Å². The quantitative estimate of drug-likeness (QED) is 0.465. The molecule has 108 valence electrons. The van der Waals surface area contributed by atoms with E-state index in [1.165, 1.54) is 0 Å². The zero-order chi connectivity index (χ0) is 14.8. The Balaban J connectivity index is 1.61. The predicted octanol–water partition coefficient (Wildman–Crippen LogP) is 3.03. The molecule has 2 aromatic rings. The third-order valence-corrected chi connectivity index (χ3v) is 2.89. The van der Waals surface area contributed by atoms with E-state index in [1.807, 2.05) is 60.7 Å². The van der Waals surface area contributed by atoms with Crippen molar-refractivity contribution in [3.8, 4) is 0 Å². The molecule has 0 unspecified atom stereocenters. The van der Waals surface area contributed by atoms with Gasteiger partial charge in [-0.1, -0.05) is 48.5 Å². The Kier molecular flexibility index (Phi) is 6.00. The molecule has 0 aromatic heterocycles. The van der Waals surface area contributed by atoms with Crippen molar-refractivity contribution in [2.75, 3.05) is 11.9 Å². The van der Waals surface area contributed by atoms with Gasteiger partial charge in [-0.05, 0) is 24.1 Å². The summed E-state index contributed by atoms with van der Waals surface area (Å²) < 4.78 is 0. The average molecular weight is 281 g/mol. The van der Waals surface area contributed by atoms with Gasteiger partial charge in [0.2, 0.25) is 5.91 Å². The molecule has 0 aliphatic heterocycles. The lowest BCUT2D eigenvalue weighted by Crippen LogP contribution is -2.18. The Hall–Kier alpha value is -2.62. The molecule has 1 amide bonds. The molecule has 4 heteroatoms. The number of carbonyl (C=O) groups is 1. The van der Waals surface area contributed by atoms with E-state index in [9.17, 15) is 4.79 Å². The van der Waals surface area contributed by atoms with Crippen LogP contribution in [0.25, 0.3) is 0 Å². The Labute approximate surface area is 124 Å². The summed E-state index contributed by atoms with van der Waals surface area (Å²) in [5.74, 6) is -0.0722. The van der Waals surface area contributed by atoms with Crippen molar-refractivity contribution in [2.24, 2.45) is 5.10 Å². The maximum absolute atomic E-state index is 11.6. The summed E-state index contributed by atoms with van der Waals surface area (Å²) in [5, 5.41) is 7.20. The summed E-state index contributed by atoms with van der Waals surface area (Å²) in [5.41, 5.74) is 4.56. The van der Waals surface area contributed by atoms with E-state index < -0.39 is 0 Å². The molecule has 0 radical (unpaired) electrons. The van der Waals surface area contributed by atoms with E-state index in [4.69, 9.17) is 0 Å². The van der Waals surface area contributed by atoms with Gasteiger partial charge in [0.05, 0.1) is 6.21 Å². The fourth-order valence-electron chi connectivity index (χ4n) is 1.81. The molecule has 0 aliphatic rings. The number of nitrogens with one attached hydrogen (secondary N) is 2. The molecule has 2 N–H and O–H groups in total. The SMILES string of the molecule is O=C(CCCNc1ccccc1)N/N=C/c1ccccc1. The van der Waals surface area contributed by atoms with Crippen molar-refractivity contribution in [3.63, 3.8) is 0 Å². The van der Waals surface area contributed by atoms with Gasteiger partial charge in [-0.15, -0.1) is 0 Å². The van der Waals surface area contributed by atoms with Crippen LogP contribution in [-0.2, 0) is 4.79 Å². The number of hydrogen-bond donors (Lipinski definition) is 2. The second-order valence-corrected chi connectivity index (χ2v) is 4.60. The van der Waals surface area contributed by atoms with E-state index in [0.717, 1.165) is 24.2 Å². The third kappa shape index (κ3) is 5.91. The molecule has 0 bridgehead atoms. The molecule has 0 aliphatic carbocycles. The zero-order valence-electron chi connectivity index (χ0n) is 11.8. The topological polar surface area (TPSA) is 53.5 Å². The molecule has 0 fully saturated rings. The Morgan fingerprint density at radius 2 is 1.67 bits per heavy atom. The summed E-state index contributed by atoms with van der Waals surface area (Å²) in [6.07, 6.45) is 2.85. The average Bonchev–Trinajstić information content (AvgIpc) is 2.54. The Morgan fingerprint density at radius 1 is 1.00 bits per heavy atom. The molecule has 0 saturated carbocycles. The van der Waals surface area contributed by atoms with Crippen molar-refractivity contribution in [1.82, 2.24) is 5.43 Å². The van der Waals surface area contributed by atoms with E-state index in [-0.39, 0.29) is 5.91 Å². The first-order valence-electron chi connectivity index (χ1n) is 7.00. The summed E-state index contributed by atoms with van der Waals surface area (Å²) in [6, 6.07) is 19.6. The third-order valence-electron chi connectivity index (χ3n) is 2.89. The van der Waals surface area contributed by atoms with Crippen molar-refractivity contribution in [1.29, 1.82) is 0 Å². The van der Waals surface area contributed by atoms with Crippen molar-refractivity contribution in [3.05, 3.63) is 66.2 Å². The second kappa shape index (κ2) is 8.53. The molecule has 0 heterocycles. The smallest absolute Gasteiger partial charge is 0.240 e. The summed E-state index contributed by atoms with van der Waals surface area (Å²) in [4.78, 5) is 11.6. The minimum Gasteiger partial charge on any atom is -0.385 e. The second-order valence-electron chi connectivity index (χ2n) is 4.60. The largest absolute Gasteiger partial charge is 0.385 e. The fourth-order valence-corrected chi connectivity index (χ4v) is 1.81. The lowest BCUT2D eigenvalue weighted by atomic mass is 10.2. The standard InChI is InChI=1S/C17H19N3O/c21-17(20-19-14-15-8-3-1-4-9-15)12-7-13-18-16-10-5-2-6-11-16/h1-6,8-11,14,18H,7,12-13H2,(H,20,21)/b19-14+. The molecular weight excluding hydrogens is 262 g/mol. The monoisotopic (exact) mass is 281 g/mol. The van der Waals surface area contributed by atoms with Gasteiger partial charge in [0.15, 0.2) is 0 Å². The first kappa shape index (κ1) is 14.8. The van der Waals surface area contributed by atoms with Gasteiger partial charge in [0.1, 0.15) is 0 Å². The maximum atomic E-state index is 11.6. The van der Waals surface area contributed by atoms with Crippen molar-refractivity contribution in [2.45, 2.75) is 12.8 Å². The number of para-hydroxylation sites is 1. The van der Waals surface area contributed by atoms with Gasteiger partial charge in [0, 0.05) is 18.7 Å². The Morgan fingerprint density at radius 3 is 2.38 bits per heavy atom. The number of hydrazone groups is 1. The number of carbonyl (C=O) groups excluding carboxylic acids is 1. The molecule has 4 nitrogen and oxygen atoms in total. The highest BCUT2D eigenvalue weighted by atomic mass is 16.2. The molecule has 2 rings (SSSR count). The number of amides is 1. The zero-order valence-corrected chi connectivity index (χ0v) is 11.8. The van der Waals surface area contributed by atoms with Crippen LogP contribution in [0.15, 0.2) is 65.8 Å². The number of benzene rings is 2. The van der Waals surface area contributed by atoms with Crippen LogP contribution >= 0.6 is 0 Å². The summed E-state index contributed by atoms with van der Waals surface area (Å²) in [7, 11) is 0. The van der Waals surface area contributed by atoms with Crippen LogP contribution in [0.4, 0.5) is 5.69 Å². The number of hydrogen-bond acceptors (Lipinski definition) is 3. The highest BCUT2D eigenvalue weighted by Gasteiger charge is 1.98. The van der Waals surface area contributed by atoms with Crippen LogP contribution in [0.1, 0.15) is 18.4 Å². The predicted molar refractivity (Wildman–Crippen MR) is 86.3 cm³/mol. The van der Waals surface area contributed by atoms with E-state index in [0.29, 0.717) is 6.42 Å². The molecule has 21 heavy (non-hydrogen) atoms. The van der Waals surface area contributed by atoms with Gasteiger partial charge < -0.3 is 5.32 Å². The highest BCUT2D eigenvalue weighted by Crippen LogP contribution is 2.04. The van der Waals surface area contributed by atoms with Gasteiger partial charge >= 0.3 is 0 Å².